The summed E-state index contributed by atoms with van der Waals surface area (Å²) in [6.07, 6.45) is 1.64. The predicted molar refractivity (Wildman–Crippen MR) is 106 cm³/mol. The topological polar surface area (TPSA) is 105 Å². The van der Waals surface area contributed by atoms with Gasteiger partial charge in [-0.25, -0.2) is 13.4 Å². The normalized spacial score (nSPS) is 21.4. The number of hydrazone groups is 1. The van der Waals surface area contributed by atoms with Gasteiger partial charge in [0.2, 0.25) is 5.91 Å². The van der Waals surface area contributed by atoms with Crippen LogP contribution in [-0.2, 0) is 19.4 Å². The minimum atomic E-state index is -3.15. The standard InChI is InChI=1S/C19H25N3O5S/c1-3-9-27-15-4-5-16(13(2)11-15)20-19(24)17-6-7-18(23)22(21-17)14-8-10-28(25,26)12-14/h4-5,11,14H,3,6-10,12H2,1-2H3,(H,20,24)/t14-/m1/s1. The zero-order valence-corrected chi connectivity index (χ0v) is 16.9. The molecule has 0 bridgehead atoms. The first-order valence-electron chi connectivity index (χ1n) is 9.44. The molecule has 152 valence electrons. The number of carbonyl (C=O) groups excluding carboxylic acids is 2. The second-order valence-electron chi connectivity index (χ2n) is 7.12. The average molecular weight is 407 g/mol. The van der Waals surface area contributed by atoms with Gasteiger partial charge in [-0.05, 0) is 43.5 Å². The van der Waals surface area contributed by atoms with Gasteiger partial charge >= 0.3 is 0 Å². The Morgan fingerprint density at radius 2 is 2.14 bits per heavy atom. The number of benzene rings is 1. The Bertz CT molecular complexity index is 910. The number of sulfone groups is 1. The highest BCUT2D eigenvalue weighted by molar-refractivity contribution is 7.91. The zero-order valence-electron chi connectivity index (χ0n) is 16.1. The monoisotopic (exact) mass is 407 g/mol. The van der Waals surface area contributed by atoms with Crippen molar-refractivity contribution >= 4 is 33.1 Å². The minimum Gasteiger partial charge on any atom is -0.494 e. The number of amides is 2. The van der Waals surface area contributed by atoms with Gasteiger partial charge in [0.15, 0.2) is 9.84 Å². The first kappa shape index (κ1) is 20.3. The Balaban J connectivity index is 1.71. The van der Waals surface area contributed by atoms with E-state index < -0.39 is 15.9 Å². The van der Waals surface area contributed by atoms with Crippen molar-refractivity contribution in [3.63, 3.8) is 0 Å². The number of rotatable bonds is 6. The van der Waals surface area contributed by atoms with Crippen LogP contribution in [0, 0.1) is 6.92 Å². The zero-order chi connectivity index (χ0) is 20.3. The first-order valence-corrected chi connectivity index (χ1v) is 11.3. The van der Waals surface area contributed by atoms with Gasteiger partial charge < -0.3 is 10.1 Å². The van der Waals surface area contributed by atoms with Crippen LogP contribution in [0.25, 0.3) is 0 Å². The lowest BCUT2D eigenvalue weighted by molar-refractivity contribution is -0.133. The lowest BCUT2D eigenvalue weighted by atomic mass is 10.1. The molecule has 0 unspecified atom stereocenters. The van der Waals surface area contributed by atoms with Crippen molar-refractivity contribution in [3.8, 4) is 5.75 Å². The van der Waals surface area contributed by atoms with Crippen LogP contribution < -0.4 is 10.1 Å². The van der Waals surface area contributed by atoms with E-state index in [2.05, 4.69) is 10.4 Å². The number of hydrogen-bond acceptors (Lipinski definition) is 6. The fraction of sp³-hybridized carbons (Fsp3) is 0.526. The number of nitrogens with one attached hydrogen (secondary N) is 1. The van der Waals surface area contributed by atoms with E-state index in [0.717, 1.165) is 17.7 Å². The number of nitrogens with zero attached hydrogens (tertiary/aromatic N) is 2. The molecule has 1 aromatic carbocycles. The van der Waals surface area contributed by atoms with Crippen molar-refractivity contribution in [1.82, 2.24) is 5.01 Å². The van der Waals surface area contributed by atoms with Gasteiger partial charge in [-0.1, -0.05) is 6.92 Å². The van der Waals surface area contributed by atoms with Gasteiger partial charge in [-0.2, -0.15) is 5.10 Å². The Labute approximate surface area is 164 Å². The number of aryl methyl sites for hydroxylation is 1. The molecular weight excluding hydrogens is 382 g/mol. The summed E-state index contributed by atoms with van der Waals surface area (Å²) >= 11 is 0. The quantitative estimate of drug-likeness (QED) is 0.775. The maximum atomic E-state index is 12.6. The van der Waals surface area contributed by atoms with E-state index in [1.807, 2.05) is 19.9 Å². The van der Waals surface area contributed by atoms with Crippen molar-refractivity contribution in [1.29, 1.82) is 0 Å². The predicted octanol–water partition coefficient (Wildman–Crippen LogP) is 1.89. The molecule has 1 atom stereocenters. The number of anilines is 1. The Morgan fingerprint density at radius 1 is 1.36 bits per heavy atom. The van der Waals surface area contributed by atoms with E-state index in [1.165, 1.54) is 5.01 Å². The van der Waals surface area contributed by atoms with E-state index >= 15 is 0 Å². The van der Waals surface area contributed by atoms with E-state index in [4.69, 9.17) is 4.74 Å². The summed E-state index contributed by atoms with van der Waals surface area (Å²) in [7, 11) is -3.15. The summed E-state index contributed by atoms with van der Waals surface area (Å²) in [5, 5.41) is 8.21. The van der Waals surface area contributed by atoms with Crippen LogP contribution in [-0.4, -0.2) is 55.1 Å². The van der Waals surface area contributed by atoms with Crippen LogP contribution in [0.15, 0.2) is 23.3 Å². The molecule has 1 aromatic rings. The van der Waals surface area contributed by atoms with Crippen molar-refractivity contribution in [3.05, 3.63) is 23.8 Å². The molecule has 0 radical (unpaired) electrons. The Morgan fingerprint density at radius 3 is 2.79 bits per heavy atom. The molecule has 28 heavy (non-hydrogen) atoms. The third-order valence-corrected chi connectivity index (χ3v) is 6.55. The molecule has 2 heterocycles. The molecule has 3 rings (SSSR count). The van der Waals surface area contributed by atoms with Gasteiger partial charge in [-0.3, -0.25) is 9.59 Å². The molecule has 2 amide bonds. The molecule has 0 aliphatic carbocycles. The molecule has 1 saturated heterocycles. The van der Waals surface area contributed by atoms with E-state index in [1.54, 1.807) is 12.1 Å². The largest absolute Gasteiger partial charge is 0.494 e. The summed E-state index contributed by atoms with van der Waals surface area (Å²) in [6.45, 7) is 4.53. The molecular formula is C19H25N3O5S. The van der Waals surface area contributed by atoms with Crippen molar-refractivity contribution < 1.29 is 22.7 Å². The summed E-state index contributed by atoms with van der Waals surface area (Å²) in [5.41, 5.74) is 1.73. The van der Waals surface area contributed by atoms with Gasteiger partial charge in [0, 0.05) is 18.5 Å². The third-order valence-electron chi connectivity index (χ3n) is 4.79. The Kier molecular flexibility index (Phi) is 6.02. The molecule has 2 aliphatic rings. The smallest absolute Gasteiger partial charge is 0.271 e. The summed E-state index contributed by atoms with van der Waals surface area (Å²) in [4.78, 5) is 24.8. The maximum absolute atomic E-state index is 12.6. The van der Waals surface area contributed by atoms with Crippen LogP contribution in [0.4, 0.5) is 5.69 Å². The molecule has 0 aromatic heterocycles. The van der Waals surface area contributed by atoms with Crippen LogP contribution >= 0.6 is 0 Å². The molecule has 0 spiro atoms. The third kappa shape index (κ3) is 4.70. The highest BCUT2D eigenvalue weighted by atomic mass is 32.2. The van der Waals surface area contributed by atoms with Crippen molar-refractivity contribution in [2.75, 3.05) is 23.4 Å². The van der Waals surface area contributed by atoms with Gasteiger partial charge in [0.1, 0.15) is 11.5 Å². The van der Waals surface area contributed by atoms with Crippen molar-refractivity contribution in [2.24, 2.45) is 5.10 Å². The van der Waals surface area contributed by atoms with Gasteiger partial charge in [-0.15, -0.1) is 0 Å². The molecule has 8 nitrogen and oxygen atoms in total. The number of hydrogen-bond donors (Lipinski definition) is 1. The van der Waals surface area contributed by atoms with Crippen LogP contribution in [0.5, 0.6) is 5.75 Å². The van der Waals surface area contributed by atoms with Crippen LogP contribution in [0.2, 0.25) is 0 Å². The van der Waals surface area contributed by atoms with Gasteiger partial charge in [0.25, 0.3) is 5.91 Å². The van der Waals surface area contributed by atoms with E-state index in [-0.39, 0.29) is 41.9 Å². The molecule has 1 fully saturated rings. The molecule has 0 saturated carbocycles. The fourth-order valence-electron chi connectivity index (χ4n) is 3.27. The van der Waals surface area contributed by atoms with Crippen LogP contribution in [0.3, 0.4) is 0 Å². The minimum absolute atomic E-state index is 0.0458. The average Bonchev–Trinajstić information content (AvgIpc) is 3.02. The summed E-state index contributed by atoms with van der Waals surface area (Å²) in [6, 6.07) is 4.93. The molecule has 1 N–H and O–H groups in total. The van der Waals surface area contributed by atoms with Crippen molar-refractivity contribution in [2.45, 2.75) is 45.6 Å². The summed E-state index contributed by atoms with van der Waals surface area (Å²) in [5.74, 6) is 0.0575. The second-order valence-corrected chi connectivity index (χ2v) is 9.35. The number of carbonyl (C=O) groups is 2. The highest BCUT2D eigenvalue weighted by Gasteiger charge is 2.37. The van der Waals surface area contributed by atoms with E-state index in [9.17, 15) is 18.0 Å². The van der Waals surface area contributed by atoms with E-state index in [0.29, 0.717) is 18.7 Å². The lowest BCUT2D eigenvalue weighted by Gasteiger charge is -2.27. The number of ether oxygens (including phenoxy) is 1. The summed E-state index contributed by atoms with van der Waals surface area (Å²) < 4.78 is 29.0. The second kappa shape index (κ2) is 8.30. The molecule has 2 aliphatic heterocycles. The highest BCUT2D eigenvalue weighted by Crippen LogP contribution is 2.24. The Hall–Kier alpha value is -2.42. The van der Waals surface area contributed by atoms with Gasteiger partial charge in [0.05, 0.1) is 24.2 Å². The lowest BCUT2D eigenvalue weighted by Crippen LogP contribution is -2.42. The SMILES string of the molecule is CCCOc1ccc(NC(=O)C2=NN([C@@H]3CCS(=O)(=O)C3)C(=O)CC2)c(C)c1. The molecule has 9 heteroatoms. The fourth-order valence-corrected chi connectivity index (χ4v) is 4.96. The maximum Gasteiger partial charge on any atom is 0.271 e. The first-order chi connectivity index (χ1) is 13.3. The van der Waals surface area contributed by atoms with Crippen LogP contribution in [0.1, 0.15) is 38.2 Å².